The average molecular weight is 303 g/mol. The summed E-state index contributed by atoms with van der Waals surface area (Å²) in [5.41, 5.74) is 1.46. The van der Waals surface area contributed by atoms with Gasteiger partial charge in [0, 0.05) is 17.8 Å². The number of aliphatic imine (C=N–C) groups is 1. The topological polar surface area (TPSA) is 80.6 Å². The van der Waals surface area contributed by atoms with Gasteiger partial charge in [-0.2, -0.15) is 0 Å². The second-order valence-corrected chi connectivity index (χ2v) is 6.13. The summed E-state index contributed by atoms with van der Waals surface area (Å²) in [6.45, 7) is 0.336. The van der Waals surface area contributed by atoms with E-state index in [0.29, 0.717) is 23.8 Å². The number of methoxy groups -OCH3 is 1. The Morgan fingerprint density at radius 2 is 2.05 bits per heavy atom. The second-order valence-electron chi connectivity index (χ2n) is 4.48. The highest BCUT2D eigenvalue weighted by atomic mass is 32.2. The van der Waals surface area contributed by atoms with Crippen LogP contribution in [0.1, 0.15) is 11.1 Å². The molecule has 1 aromatic carbocycles. The maximum absolute atomic E-state index is 11.9. The Bertz CT molecular complexity index is 798. The zero-order chi connectivity index (χ0) is 14.9. The normalized spacial score (nSPS) is 17.3. The van der Waals surface area contributed by atoms with Crippen molar-refractivity contribution in [3.05, 3.63) is 53.7 Å². The van der Waals surface area contributed by atoms with Crippen molar-refractivity contribution >= 4 is 15.9 Å². The summed E-state index contributed by atoms with van der Waals surface area (Å²) in [5.74, 6) is 0.889. The molecule has 1 aliphatic rings. The van der Waals surface area contributed by atoms with Crippen molar-refractivity contribution in [1.29, 1.82) is 0 Å². The fourth-order valence-electron chi connectivity index (χ4n) is 2.05. The van der Waals surface area contributed by atoms with Gasteiger partial charge in [-0.3, -0.25) is 9.71 Å². The van der Waals surface area contributed by atoms with E-state index in [4.69, 9.17) is 4.74 Å². The third-order valence-electron chi connectivity index (χ3n) is 3.09. The standard InChI is InChI=1S/C14H13N3O3S/c1-20-13-7-6-10(8-15-13)9-16-14-11-4-2-3-5-12(11)21(18,19)17-14/h2-8H,9H2,1H3,(H,16,17). The molecule has 2 heterocycles. The van der Waals surface area contributed by atoms with Crippen LogP contribution in [0.2, 0.25) is 0 Å². The van der Waals surface area contributed by atoms with Crippen LogP contribution < -0.4 is 9.46 Å². The van der Waals surface area contributed by atoms with Gasteiger partial charge in [0.25, 0.3) is 10.0 Å². The van der Waals surface area contributed by atoms with Gasteiger partial charge in [0.05, 0.1) is 18.6 Å². The first-order valence-electron chi connectivity index (χ1n) is 6.26. The van der Waals surface area contributed by atoms with Crippen LogP contribution in [0.4, 0.5) is 0 Å². The van der Waals surface area contributed by atoms with Crippen molar-refractivity contribution in [2.45, 2.75) is 11.4 Å². The smallest absolute Gasteiger partial charge is 0.263 e. The molecule has 6 nitrogen and oxygen atoms in total. The number of aromatic nitrogens is 1. The van der Waals surface area contributed by atoms with E-state index in [2.05, 4.69) is 14.7 Å². The minimum Gasteiger partial charge on any atom is -0.481 e. The SMILES string of the molecule is COc1ccc(CN=C2NS(=O)(=O)c3ccccc32)cn1. The molecule has 108 valence electrons. The fourth-order valence-corrected chi connectivity index (χ4v) is 3.30. The predicted molar refractivity (Wildman–Crippen MR) is 77.8 cm³/mol. The number of sulfonamides is 1. The molecule has 0 saturated carbocycles. The third-order valence-corrected chi connectivity index (χ3v) is 4.49. The Balaban J connectivity index is 1.88. The molecule has 3 rings (SSSR count). The monoisotopic (exact) mass is 303 g/mol. The molecule has 0 radical (unpaired) electrons. The van der Waals surface area contributed by atoms with Gasteiger partial charge in [-0.05, 0) is 17.7 Å². The molecule has 0 spiro atoms. The number of pyridine rings is 1. The van der Waals surface area contributed by atoms with Gasteiger partial charge in [0.15, 0.2) is 0 Å². The first-order valence-corrected chi connectivity index (χ1v) is 7.74. The molecule has 0 bridgehead atoms. The molecule has 1 aromatic heterocycles. The molecule has 0 amide bonds. The molecule has 21 heavy (non-hydrogen) atoms. The van der Waals surface area contributed by atoms with Crippen molar-refractivity contribution in [1.82, 2.24) is 9.71 Å². The number of nitrogens with zero attached hydrogens (tertiary/aromatic N) is 2. The number of benzene rings is 1. The van der Waals surface area contributed by atoms with E-state index in [9.17, 15) is 8.42 Å². The van der Waals surface area contributed by atoms with Gasteiger partial charge in [-0.15, -0.1) is 0 Å². The zero-order valence-electron chi connectivity index (χ0n) is 11.3. The van der Waals surface area contributed by atoms with Crippen LogP contribution in [-0.4, -0.2) is 26.3 Å². The summed E-state index contributed by atoms with van der Waals surface area (Å²) in [4.78, 5) is 8.68. The summed E-state index contributed by atoms with van der Waals surface area (Å²) in [6.07, 6.45) is 1.65. The molecule has 1 N–H and O–H groups in total. The third kappa shape index (κ3) is 2.59. The maximum atomic E-state index is 11.9. The maximum Gasteiger partial charge on any atom is 0.263 e. The molecule has 0 saturated heterocycles. The minimum absolute atomic E-state index is 0.261. The number of fused-ring (bicyclic) bond motifs is 1. The molecule has 1 aliphatic heterocycles. The number of hydrogen-bond donors (Lipinski definition) is 1. The lowest BCUT2D eigenvalue weighted by molar-refractivity contribution is 0.397. The van der Waals surface area contributed by atoms with Gasteiger partial charge < -0.3 is 4.74 Å². The summed E-state index contributed by atoms with van der Waals surface area (Å²) in [7, 11) is -1.94. The van der Waals surface area contributed by atoms with Crippen LogP contribution in [0.25, 0.3) is 0 Å². The number of amidine groups is 1. The molecular weight excluding hydrogens is 290 g/mol. The molecule has 2 aromatic rings. The summed E-state index contributed by atoms with van der Waals surface area (Å²) >= 11 is 0. The van der Waals surface area contributed by atoms with Crippen molar-refractivity contribution in [3.8, 4) is 5.88 Å². The predicted octanol–water partition coefficient (Wildman–Crippen LogP) is 1.33. The van der Waals surface area contributed by atoms with Crippen LogP contribution in [0, 0.1) is 0 Å². The first-order chi connectivity index (χ1) is 10.1. The van der Waals surface area contributed by atoms with Crippen LogP contribution in [0.5, 0.6) is 5.88 Å². The number of ether oxygens (including phenoxy) is 1. The Kier molecular flexibility index (Phi) is 3.34. The van der Waals surface area contributed by atoms with Gasteiger partial charge in [-0.1, -0.05) is 18.2 Å². The molecule has 0 fully saturated rings. The van der Waals surface area contributed by atoms with Gasteiger partial charge in [0.1, 0.15) is 5.84 Å². The minimum atomic E-state index is -3.49. The number of hydrogen-bond acceptors (Lipinski definition) is 5. The highest BCUT2D eigenvalue weighted by molar-refractivity contribution is 7.90. The average Bonchev–Trinajstić information content (AvgIpc) is 2.77. The van der Waals surface area contributed by atoms with Crippen molar-refractivity contribution in [2.24, 2.45) is 4.99 Å². The Labute approximate surface area is 122 Å². The first kappa shape index (κ1) is 13.6. The lowest BCUT2D eigenvalue weighted by Crippen LogP contribution is -2.22. The van der Waals surface area contributed by atoms with E-state index in [1.807, 2.05) is 6.07 Å². The van der Waals surface area contributed by atoms with Crippen LogP contribution >= 0.6 is 0 Å². The molecule has 0 atom stereocenters. The van der Waals surface area contributed by atoms with E-state index in [0.717, 1.165) is 5.56 Å². The van der Waals surface area contributed by atoms with Gasteiger partial charge in [-0.25, -0.2) is 13.4 Å². The second kappa shape index (κ2) is 5.17. The van der Waals surface area contributed by atoms with E-state index in [-0.39, 0.29) is 4.90 Å². The zero-order valence-corrected chi connectivity index (χ0v) is 12.1. The largest absolute Gasteiger partial charge is 0.481 e. The highest BCUT2D eigenvalue weighted by Gasteiger charge is 2.29. The van der Waals surface area contributed by atoms with Crippen molar-refractivity contribution in [2.75, 3.05) is 7.11 Å². The Hall–Kier alpha value is -2.41. The highest BCUT2D eigenvalue weighted by Crippen LogP contribution is 2.22. The van der Waals surface area contributed by atoms with E-state index >= 15 is 0 Å². The van der Waals surface area contributed by atoms with E-state index in [1.165, 1.54) is 0 Å². The molecule has 0 unspecified atom stereocenters. The molecule has 7 heteroatoms. The fraction of sp³-hybridized carbons (Fsp3) is 0.143. The lowest BCUT2D eigenvalue weighted by atomic mass is 10.2. The lowest BCUT2D eigenvalue weighted by Gasteiger charge is -2.01. The van der Waals surface area contributed by atoms with Crippen LogP contribution in [0.15, 0.2) is 52.5 Å². The Morgan fingerprint density at radius 3 is 2.76 bits per heavy atom. The van der Waals surface area contributed by atoms with Crippen molar-refractivity contribution < 1.29 is 13.2 Å². The Morgan fingerprint density at radius 1 is 1.24 bits per heavy atom. The van der Waals surface area contributed by atoms with Crippen molar-refractivity contribution in [3.63, 3.8) is 0 Å². The number of nitrogens with one attached hydrogen (secondary N) is 1. The summed E-state index contributed by atoms with van der Waals surface area (Å²) in [5, 5.41) is 0. The number of rotatable bonds is 3. The van der Waals surface area contributed by atoms with Gasteiger partial charge in [0.2, 0.25) is 5.88 Å². The quantitative estimate of drug-likeness (QED) is 0.927. The van der Waals surface area contributed by atoms with E-state index < -0.39 is 10.0 Å². The van der Waals surface area contributed by atoms with Gasteiger partial charge >= 0.3 is 0 Å². The summed E-state index contributed by atoms with van der Waals surface area (Å²) < 4.78 is 31.3. The van der Waals surface area contributed by atoms with E-state index in [1.54, 1.807) is 43.6 Å². The molecular formula is C14H13N3O3S. The molecule has 0 aliphatic carbocycles. The van der Waals surface area contributed by atoms with Crippen LogP contribution in [0.3, 0.4) is 0 Å². The summed E-state index contributed by atoms with van der Waals surface area (Å²) in [6, 6.07) is 10.3. The van der Waals surface area contributed by atoms with Crippen LogP contribution in [-0.2, 0) is 16.6 Å².